The normalized spacial score (nSPS) is 17.5. The third kappa shape index (κ3) is 5.60. The van der Waals surface area contributed by atoms with Gasteiger partial charge in [-0.3, -0.25) is 10.1 Å². The second-order valence-electron chi connectivity index (χ2n) is 8.17. The molecule has 1 atom stereocenters. The van der Waals surface area contributed by atoms with Gasteiger partial charge in [-0.1, -0.05) is 18.1 Å². The van der Waals surface area contributed by atoms with Crippen molar-refractivity contribution in [1.82, 2.24) is 5.10 Å². The van der Waals surface area contributed by atoms with Crippen LogP contribution in [0.25, 0.3) is 6.08 Å². The Morgan fingerprint density at radius 3 is 2.66 bits per heavy atom. The largest absolute Gasteiger partial charge is 0.402 e. The molecule has 1 saturated heterocycles. The van der Waals surface area contributed by atoms with Crippen LogP contribution in [0.4, 0.5) is 24.7 Å². The van der Waals surface area contributed by atoms with Gasteiger partial charge in [0, 0.05) is 17.2 Å². The molecular weight excluding hydrogens is 487 g/mol. The zero-order chi connectivity index (χ0) is 26.0. The van der Waals surface area contributed by atoms with Gasteiger partial charge in [0.25, 0.3) is 5.92 Å². The van der Waals surface area contributed by atoms with Crippen molar-refractivity contribution in [2.75, 3.05) is 29.2 Å². The molecular formula is C22H25F3N5O4S+. The Bertz CT molecular complexity index is 1340. The molecule has 1 aliphatic rings. The monoisotopic (exact) mass is 512 g/mol. The number of benzene rings is 1. The summed E-state index contributed by atoms with van der Waals surface area (Å²) in [6, 6.07) is 1.92. The zero-order valence-electron chi connectivity index (χ0n) is 18.4. The van der Waals surface area contributed by atoms with Crippen molar-refractivity contribution >= 4 is 27.4 Å². The summed E-state index contributed by atoms with van der Waals surface area (Å²) in [6.07, 6.45) is 7.53. The lowest BCUT2D eigenvalue weighted by Crippen LogP contribution is -2.31. The topological polar surface area (TPSA) is 165 Å². The SMILES string of the molecule is C#C[C@@H](Nc1[nH+][nH]c(=O)c(N)c1/C=C(\N)C1CCS(=O)(=O)CC1)c1cccc(C(F)(F)CO)c1F. The lowest BCUT2D eigenvalue weighted by atomic mass is 9.97. The fraction of sp³-hybridized carbons (Fsp3) is 0.364. The smallest absolute Gasteiger partial charge is 0.302 e. The Balaban J connectivity index is 2.00. The van der Waals surface area contributed by atoms with Crippen molar-refractivity contribution in [3.05, 3.63) is 56.8 Å². The summed E-state index contributed by atoms with van der Waals surface area (Å²) >= 11 is 0. The van der Waals surface area contributed by atoms with Gasteiger partial charge in [-0.15, -0.1) is 6.42 Å². The highest BCUT2D eigenvalue weighted by molar-refractivity contribution is 7.91. The van der Waals surface area contributed by atoms with Crippen molar-refractivity contribution < 1.29 is 31.8 Å². The predicted octanol–water partition coefficient (Wildman–Crippen LogP) is 0.905. The molecule has 0 saturated carbocycles. The Labute approximate surface area is 199 Å². The van der Waals surface area contributed by atoms with Gasteiger partial charge >= 0.3 is 11.4 Å². The first-order valence-electron chi connectivity index (χ1n) is 10.5. The van der Waals surface area contributed by atoms with Crippen LogP contribution in [0.2, 0.25) is 0 Å². The lowest BCUT2D eigenvalue weighted by molar-refractivity contribution is -0.441. The molecule has 0 unspecified atom stereocenters. The molecule has 0 spiro atoms. The van der Waals surface area contributed by atoms with Crippen LogP contribution in [-0.4, -0.2) is 36.7 Å². The van der Waals surface area contributed by atoms with E-state index in [1.54, 1.807) is 0 Å². The van der Waals surface area contributed by atoms with E-state index < -0.39 is 45.3 Å². The fourth-order valence-corrected chi connectivity index (χ4v) is 5.27. The number of aliphatic hydroxyl groups is 1. The molecule has 3 rings (SSSR count). The molecule has 1 aromatic carbocycles. The maximum absolute atomic E-state index is 15.0. The standard InChI is InChI=1S/C22H24F3N5O4S/c1-2-17(13-4-3-5-15(18(13)23)22(24,25)11-31)28-20-14(19(27)21(32)30-29-20)10-16(26)12-6-8-35(33,34)9-7-12/h1,3-5,10,12,17,31H,6-9,11,26H2,(H,30,32)(H3,27,28,29)/p+1/b16-10-/t17-/m1/s1. The number of halogens is 3. The maximum atomic E-state index is 15.0. The number of anilines is 2. The molecule has 8 N–H and O–H groups in total. The Morgan fingerprint density at radius 1 is 1.40 bits per heavy atom. The third-order valence-corrected chi connectivity index (χ3v) is 7.55. The van der Waals surface area contributed by atoms with Gasteiger partial charge in [-0.2, -0.15) is 19.0 Å². The second kappa shape index (κ2) is 10.0. The third-order valence-electron chi connectivity index (χ3n) is 5.83. The highest BCUT2D eigenvalue weighted by Crippen LogP contribution is 2.34. The van der Waals surface area contributed by atoms with Crippen LogP contribution < -0.4 is 27.4 Å². The van der Waals surface area contributed by atoms with Gasteiger partial charge in [-0.05, 0) is 25.0 Å². The van der Waals surface area contributed by atoms with Crippen molar-refractivity contribution in [3.8, 4) is 12.3 Å². The summed E-state index contributed by atoms with van der Waals surface area (Å²) in [6.45, 7) is -1.59. The molecule has 1 aromatic heterocycles. The predicted molar refractivity (Wildman–Crippen MR) is 124 cm³/mol. The van der Waals surface area contributed by atoms with Crippen LogP contribution in [0, 0.1) is 24.1 Å². The summed E-state index contributed by atoms with van der Waals surface area (Å²) in [7, 11) is -3.12. The quantitative estimate of drug-likeness (QED) is 0.344. The number of rotatable bonds is 7. The van der Waals surface area contributed by atoms with E-state index in [0.29, 0.717) is 12.8 Å². The number of H-pyrrole nitrogens is 2. The van der Waals surface area contributed by atoms with Gasteiger partial charge in [0.2, 0.25) is 0 Å². The zero-order valence-corrected chi connectivity index (χ0v) is 19.3. The van der Waals surface area contributed by atoms with E-state index in [-0.39, 0.29) is 45.8 Å². The molecule has 2 aromatic rings. The van der Waals surface area contributed by atoms with Crippen molar-refractivity contribution in [1.29, 1.82) is 0 Å². The minimum absolute atomic E-state index is 0.0233. The molecule has 1 fully saturated rings. The molecule has 0 radical (unpaired) electrons. The summed E-state index contributed by atoms with van der Waals surface area (Å²) < 4.78 is 66.3. The molecule has 13 heteroatoms. The molecule has 1 aliphatic heterocycles. The minimum Gasteiger partial charge on any atom is -0.402 e. The molecule has 0 amide bonds. The number of terminal acetylenes is 1. The van der Waals surface area contributed by atoms with Gasteiger partial charge in [0.1, 0.15) is 27.9 Å². The summed E-state index contributed by atoms with van der Waals surface area (Å²) in [4.78, 5) is 12.1. The average molecular weight is 513 g/mol. The van der Waals surface area contributed by atoms with E-state index in [2.05, 4.69) is 21.4 Å². The van der Waals surface area contributed by atoms with Gasteiger partial charge < -0.3 is 16.6 Å². The van der Waals surface area contributed by atoms with E-state index in [9.17, 15) is 26.4 Å². The van der Waals surface area contributed by atoms with Crippen LogP contribution in [0.5, 0.6) is 0 Å². The second-order valence-corrected chi connectivity index (χ2v) is 10.5. The van der Waals surface area contributed by atoms with Crippen LogP contribution in [0.15, 0.2) is 28.7 Å². The molecule has 9 nitrogen and oxygen atoms in total. The first kappa shape index (κ1) is 26.1. The maximum Gasteiger partial charge on any atom is 0.302 e. The molecule has 2 heterocycles. The number of nitrogens with one attached hydrogen (secondary N) is 3. The van der Waals surface area contributed by atoms with Crippen molar-refractivity contribution in [2.45, 2.75) is 24.8 Å². The van der Waals surface area contributed by atoms with E-state index in [1.807, 2.05) is 0 Å². The van der Waals surface area contributed by atoms with E-state index >= 15 is 0 Å². The number of sulfone groups is 1. The molecule has 35 heavy (non-hydrogen) atoms. The van der Waals surface area contributed by atoms with Crippen molar-refractivity contribution in [2.24, 2.45) is 11.7 Å². The van der Waals surface area contributed by atoms with Gasteiger partial charge in [0.05, 0.1) is 22.6 Å². The first-order chi connectivity index (χ1) is 16.4. The van der Waals surface area contributed by atoms with Gasteiger partial charge in [0.15, 0.2) is 6.04 Å². The number of aromatic amines is 2. The number of allylic oxidation sites excluding steroid dienone is 1. The van der Waals surface area contributed by atoms with Crippen LogP contribution in [0.1, 0.15) is 35.6 Å². The number of nitrogens with two attached hydrogens (primary N) is 2. The number of hydrogen-bond donors (Lipinski definition) is 5. The minimum atomic E-state index is -3.83. The van der Waals surface area contributed by atoms with Crippen molar-refractivity contribution in [3.63, 3.8) is 0 Å². The van der Waals surface area contributed by atoms with Crippen LogP contribution >= 0.6 is 0 Å². The first-order valence-corrected chi connectivity index (χ1v) is 12.3. The molecule has 188 valence electrons. The molecule has 0 bridgehead atoms. The van der Waals surface area contributed by atoms with Crippen LogP contribution in [-0.2, 0) is 15.8 Å². The van der Waals surface area contributed by atoms with Gasteiger partial charge in [-0.25, -0.2) is 12.8 Å². The summed E-state index contributed by atoms with van der Waals surface area (Å²) in [5.74, 6) is -3.18. The van der Waals surface area contributed by atoms with E-state index in [4.69, 9.17) is 23.0 Å². The van der Waals surface area contributed by atoms with E-state index in [0.717, 1.165) is 6.07 Å². The number of aliphatic hydroxyl groups excluding tert-OH is 1. The Hall–Kier alpha value is -3.50. The summed E-state index contributed by atoms with van der Waals surface area (Å²) in [5.41, 5.74) is 10.2. The number of hydrogen-bond acceptors (Lipinski definition) is 7. The summed E-state index contributed by atoms with van der Waals surface area (Å²) in [5, 5.41) is 16.5. The lowest BCUT2D eigenvalue weighted by Gasteiger charge is -2.22. The number of alkyl halides is 2. The van der Waals surface area contributed by atoms with Crippen LogP contribution in [0.3, 0.4) is 0 Å². The highest BCUT2D eigenvalue weighted by atomic mass is 32.2. The average Bonchev–Trinajstić information content (AvgIpc) is 2.81. The number of nitrogen functional groups attached to an aromatic ring is 1. The fourth-order valence-electron chi connectivity index (χ4n) is 3.78. The Morgan fingerprint density at radius 2 is 2.06 bits per heavy atom. The number of aromatic nitrogens is 2. The Kier molecular flexibility index (Phi) is 7.47. The van der Waals surface area contributed by atoms with E-state index in [1.165, 1.54) is 18.2 Å². The molecule has 0 aliphatic carbocycles. The highest BCUT2D eigenvalue weighted by Gasteiger charge is 2.36.